The first-order valence-electron chi connectivity index (χ1n) is 9.72. The summed E-state index contributed by atoms with van der Waals surface area (Å²) in [7, 11) is 0. The van der Waals surface area contributed by atoms with E-state index in [0.717, 1.165) is 12.0 Å². The Morgan fingerprint density at radius 1 is 1.21 bits per heavy atom. The van der Waals surface area contributed by atoms with Gasteiger partial charge in [0.1, 0.15) is 5.69 Å². The molecule has 29 heavy (non-hydrogen) atoms. The van der Waals surface area contributed by atoms with E-state index in [9.17, 15) is 14.7 Å². The van der Waals surface area contributed by atoms with Gasteiger partial charge in [0, 0.05) is 29.7 Å². The van der Waals surface area contributed by atoms with E-state index in [1.807, 2.05) is 30.3 Å². The lowest BCUT2D eigenvalue weighted by molar-refractivity contribution is -0.0588. The number of aromatic amines is 1. The van der Waals surface area contributed by atoms with Crippen molar-refractivity contribution in [2.24, 2.45) is 5.41 Å². The average molecular weight is 396 g/mol. The maximum absolute atomic E-state index is 15.3. The Hall–Kier alpha value is -3.00. The number of aliphatic hydroxyl groups excluding tert-OH is 1. The minimum atomic E-state index is -1.78. The molecule has 3 heterocycles. The molecule has 150 valence electrons. The van der Waals surface area contributed by atoms with Crippen molar-refractivity contribution in [1.82, 2.24) is 19.5 Å². The zero-order valence-corrected chi connectivity index (χ0v) is 15.8. The molecule has 2 aliphatic rings. The lowest BCUT2D eigenvalue weighted by atomic mass is 9.61. The lowest BCUT2D eigenvalue weighted by Gasteiger charge is -2.45. The average Bonchev–Trinajstić information content (AvgIpc) is 3.28. The Morgan fingerprint density at radius 2 is 1.97 bits per heavy atom. The molecule has 2 N–H and O–H groups in total. The van der Waals surface area contributed by atoms with E-state index in [2.05, 4.69) is 10.1 Å². The molecule has 3 aromatic rings. The summed E-state index contributed by atoms with van der Waals surface area (Å²) in [6, 6.07) is 12.2. The van der Waals surface area contributed by atoms with Crippen LogP contribution in [0.5, 0.6) is 0 Å². The van der Waals surface area contributed by atoms with Gasteiger partial charge in [-0.2, -0.15) is 0 Å². The second-order valence-electron chi connectivity index (χ2n) is 8.13. The van der Waals surface area contributed by atoms with E-state index < -0.39 is 23.6 Å². The molecule has 1 saturated carbocycles. The van der Waals surface area contributed by atoms with Crippen LogP contribution < -0.4 is 5.56 Å². The summed E-state index contributed by atoms with van der Waals surface area (Å²) < 4.78 is 16.5. The number of likely N-dealkylation sites (tertiary alicyclic amines) is 1. The quantitative estimate of drug-likeness (QED) is 0.709. The molecule has 1 aromatic carbocycles. The maximum Gasteiger partial charge on any atom is 0.273 e. The third-order valence-corrected chi connectivity index (χ3v) is 6.48. The molecule has 1 amide bonds. The van der Waals surface area contributed by atoms with Gasteiger partial charge >= 0.3 is 0 Å². The van der Waals surface area contributed by atoms with Crippen LogP contribution in [0.1, 0.15) is 29.8 Å². The van der Waals surface area contributed by atoms with Gasteiger partial charge in [0.2, 0.25) is 0 Å². The number of benzene rings is 1. The molecule has 5 rings (SSSR count). The van der Waals surface area contributed by atoms with E-state index >= 15 is 4.39 Å². The van der Waals surface area contributed by atoms with E-state index in [-0.39, 0.29) is 24.3 Å². The molecule has 0 bridgehead atoms. The molecule has 2 fully saturated rings. The van der Waals surface area contributed by atoms with Crippen LogP contribution in [0, 0.1) is 5.41 Å². The largest absolute Gasteiger partial charge is 0.393 e. The molecule has 0 radical (unpaired) electrons. The molecule has 1 aliphatic heterocycles. The monoisotopic (exact) mass is 396 g/mol. The molecule has 1 unspecified atom stereocenters. The number of carbonyl (C=O) groups excluding carboxylic acids is 1. The van der Waals surface area contributed by atoms with Crippen LogP contribution in [-0.4, -0.2) is 55.9 Å². The van der Waals surface area contributed by atoms with Crippen LogP contribution >= 0.6 is 0 Å². The molecule has 1 saturated heterocycles. The van der Waals surface area contributed by atoms with Gasteiger partial charge in [0.15, 0.2) is 11.3 Å². The lowest BCUT2D eigenvalue weighted by Crippen LogP contribution is -2.50. The van der Waals surface area contributed by atoms with Crippen LogP contribution in [0.2, 0.25) is 0 Å². The number of H-pyrrole nitrogens is 1. The fourth-order valence-corrected chi connectivity index (χ4v) is 4.63. The van der Waals surface area contributed by atoms with E-state index in [1.165, 1.54) is 21.5 Å². The van der Waals surface area contributed by atoms with Crippen LogP contribution in [0.15, 0.2) is 47.3 Å². The van der Waals surface area contributed by atoms with Crippen molar-refractivity contribution >= 4 is 11.6 Å². The number of fused-ring (bicyclic) bond motifs is 1. The predicted octanol–water partition coefficient (Wildman–Crippen LogP) is 2.02. The molecular formula is C21H21FN4O3. The van der Waals surface area contributed by atoms with Gasteiger partial charge in [-0.25, -0.2) is 13.9 Å². The highest BCUT2D eigenvalue weighted by atomic mass is 19.1. The highest BCUT2D eigenvalue weighted by Crippen LogP contribution is 2.55. The number of aromatic nitrogens is 3. The second-order valence-corrected chi connectivity index (χ2v) is 8.13. The van der Waals surface area contributed by atoms with Gasteiger partial charge in [-0.15, -0.1) is 0 Å². The standard InChI is InChI=1S/C21H21FN4O3/c22-21(13-27)12-25(11-20(21)7-4-8-20)19(29)16-9-17-23-15(10-18(28)26(17)24-16)14-5-2-1-3-6-14/h1-3,5-6,9-10,24,27H,4,7-8,11-13H2. The zero-order valence-electron chi connectivity index (χ0n) is 15.8. The SMILES string of the molecule is O=C(c1cc2nc(-c3ccccc3)cc(=O)n2[nH]1)N1CC(F)(CO)C2(CCC2)C1. The first kappa shape index (κ1) is 18.1. The fourth-order valence-electron chi connectivity index (χ4n) is 4.63. The van der Waals surface area contributed by atoms with E-state index in [4.69, 9.17) is 0 Å². The molecular weight excluding hydrogens is 375 g/mol. The van der Waals surface area contributed by atoms with Crippen molar-refractivity contribution in [3.05, 3.63) is 58.5 Å². The topological polar surface area (TPSA) is 90.7 Å². The number of carbonyl (C=O) groups is 1. The summed E-state index contributed by atoms with van der Waals surface area (Å²) in [6.45, 7) is -0.462. The van der Waals surface area contributed by atoms with Gasteiger partial charge < -0.3 is 10.0 Å². The second kappa shape index (κ2) is 6.25. The highest BCUT2D eigenvalue weighted by molar-refractivity contribution is 5.93. The zero-order chi connectivity index (χ0) is 20.2. The summed E-state index contributed by atoms with van der Waals surface area (Å²) >= 11 is 0. The van der Waals surface area contributed by atoms with Crippen molar-refractivity contribution in [2.45, 2.75) is 24.9 Å². The number of nitrogens with one attached hydrogen (secondary N) is 1. The third kappa shape index (κ3) is 2.62. The number of hydrogen-bond donors (Lipinski definition) is 2. The first-order chi connectivity index (χ1) is 13.9. The number of aliphatic hydroxyl groups is 1. The third-order valence-electron chi connectivity index (χ3n) is 6.48. The van der Waals surface area contributed by atoms with Gasteiger partial charge in [0.25, 0.3) is 11.5 Å². The highest BCUT2D eigenvalue weighted by Gasteiger charge is 2.62. The van der Waals surface area contributed by atoms with Crippen molar-refractivity contribution in [3.63, 3.8) is 0 Å². The minimum Gasteiger partial charge on any atom is -0.393 e. The van der Waals surface area contributed by atoms with E-state index in [0.29, 0.717) is 24.2 Å². The molecule has 7 nitrogen and oxygen atoms in total. The Kier molecular flexibility index (Phi) is 3.89. The normalized spacial score (nSPS) is 22.9. The fraction of sp³-hybridized carbons (Fsp3) is 0.381. The van der Waals surface area contributed by atoms with Crippen LogP contribution in [0.25, 0.3) is 16.9 Å². The molecule has 1 aliphatic carbocycles. The molecule has 8 heteroatoms. The summed E-state index contributed by atoms with van der Waals surface area (Å²) in [5, 5.41) is 12.4. The Morgan fingerprint density at radius 3 is 2.59 bits per heavy atom. The van der Waals surface area contributed by atoms with Gasteiger partial charge in [0.05, 0.1) is 18.8 Å². The van der Waals surface area contributed by atoms with E-state index in [1.54, 1.807) is 0 Å². The van der Waals surface area contributed by atoms with Gasteiger partial charge in [-0.3, -0.25) is 14.7 Å². The molecule has 1 atom stereocenters. The summed E-state index contributed by atoms with van der Waals surface area (Å²) in [6.07, 6.45) is 2.24. The van der Waals surface area contributed by atoms with Crippen LogP contribution in [0.3, 0.4) is 0 Å². The van der Waals surface area contributed by atoms with Gasteiger partial charge in [-0.05, 0) is 12.8 Å². The van der Waals surface area contributed by atoms with Crippen molar-refractivity contribution in [3.8, 4) is 11.3 Å². The predicted molar refractivity (Wildman–Crippen MR) is 104 cm³/mol. The summed E-state index contributed by atoms with van der Waals surface area (Å²) in [5.74, 6) is -0.393. The first-order valence-corrected chi connectivity index (χ1v) is 9.72. The van der Waals surface area contributed by atoms with Crippen molar-refractivity contribution in [1.29, 1.82) is 0 Å². The number of rotatable bonds is 3. The summed E-state index contributed by atoms with van der Waals surface area (Å²) in [4.78, 5) is 31.4. The molecule has 1 spiro atoms. The van der Waals surface area contributed by atoms with Crippen LogP contribution in [-0.2, 0) is 0 Å². The molecule has 2 aromatic heterocycles. The summed E-state index contributed by atoms with van der Waals surface area (Å²) in [5.41, 5.74) is -0.937. The number of alkyl halides is 1. The van der Waals surface area contributed by atoms with Crippen molar-refractivity contribution in [2.75, 3.05) is 19.7 Å². The minimum absolute atomic E-state index is 0.144. The van der Waals surface area contributed by atoms with Gasteiger partial charge in [-0.1, -0.05) is 36.8 Å². The number of nitrogens with zero attached hydrogens (tertiary/aromatic N) is 3. The smallest absolute Gasteiger partial charge is 0.273 e. The Bertz CT molecular complexity index is 1140. The Labute approximate surface area is 165 Å². The Balaban J connectivity index is 1.49. The number of amides is 1. The van der Waals surface area contributed by atoms with Crippen molar-refractivity contribution < 1.29 is 14.3 Å². The number of halogens is 1. The van der Waals surface area contributed by atoms with Crippen LogP contribution in [0.4, 0.5) is 4.39 Å². The number of hydrogen-bond acceptors (Lipinski definition) is 4. The maximum atomic E-state index is 15.3.